The number of hydrogen-bond donors (Lipinski definition) is 0. The van der Waals surface area contributed by atoms with E-state index in [-0.39, 0.29) is 18.2 Å². The standard InChI is InChI=1S/C21H24BrN3OS/c1-4-15-12-27-21-24-19(17-7-5-6-10-23-17)20(25(15)21)14-8-9-18(16(22)11-14)26-13(2)3/h5-11,13,15,19-20H,4,12H2,1-3H3/t15-,19+,20-/m1/s1. The summed E-state index contributed by atoms with van der Waals surface area (Å²) in [5.74, 6) is 1.99. The minimum atomic E-state index is 0.0202. The first kappa shape index (κ1) is 18.8. The van der Waals surface area contributed by atoms with Crippen molar-refractivity contribution in [2.24, 2.45) is 4.99 Å². The van der Waals surface area contributed by atoms with E-state index < -0.39 is 0 Å². The average Bonchev–Trinajstić information content (AvgIpc) is 3.22. The van der Waals surface area contributed by atoms with Gasteiger partial charge in [-0.05, 0) is 66.0 Å². The Morgan fingerprint density at radius 2 is 2.15 bits per heavy atom. The van der Waals surface area contributed by atoms with Crippen LogP contribution in [0.2, 0.25) is 0 Å². The molecule has 3 atom stereocenters. The van der Waals surface area contributed by atoms with E-state index in [1.54, 1.807) is 0 Å². The zero-order valence-corrected chi connectivity index (χ0v) is 18.2. The van der Waals surface area contributed by atoms with Crippen LogP contribution in [0.15, 0.2) is 52.1 Å². The number of rotatable bonds is 5. The van der Waals surface area contributed by atoms with Crippen LogP contribution in [-0.2, 0) is 0 Å². The van der Waals surface area contributed by atoms with Crippen LogP contribution in [0, 0.1) is 0 Å². The zero-order chi connectivity index (χ0) is 19.0. The summed E-state index contributed by atoms with van der Waals surface area (Å²) < 4.78 is 6.89. The van der Waals surface area contributed by atoms with Crippen molar-refractivity contribution in [3.8, 4) is 5.75 Å². The van der Waals surface area contributed by atoms with Crippen LogP contribution in [0.25, 0.3) is 0 Å². The minimum absolute atomic E-state index is 0.0202. The molecule has 142 valence electrons. The topological polar surface area (TPSA) is 37.7 Å². The van der Waals surface area contributed by atoms with Crippen molar-refractivity contribution in [1.82, 2.24) is 9.88 Å². The molecule has 2 aromatic rings. The number of fused-ring (bicyclic) bond motifs is 1. The molecule has 6 heteroatoms. The lowest BCUT2D eigenvalue weighted by Gasteiger charge is -2.32. The maximum absolute atomic E-state index is 5.90. The third-order valence-electron chi connectivity index (χ3n) is 4.99. The average molecular weight is 446 g/mol. The molecule has 2 aliphatic heterocycles. The smallest absolute Gasteiger partial charge is 0.160 e. The number of thioether (sulfide) groups is 1. The van der Waals surface area contributed by atoms with Crippen LogP contribution in [0.3, 0.4) is 0 Å². The van der Waals surface area contributed by atoms with Crippen molar-refractivity contribution in [2.45, 2.75) is 51.4 Å². The van der Waals surface area contributed by atoms with Crippen LogP contribution in [0.4, 0.5) is 0 Å². The molecule has 0 saturated carbocycles. The summed E-state index contributed by atoms with van der Waals surface area (Å²) in [6.45, 7) is 6.35. The van der Waals surface area contributed by atoms with E-state index in [1.807, 2.05) is 43.9 Å². The fraction of sp³-hybridized carbons (Fsp3) is 0.429. The number of benzene rings is 1. The van der Waals surface area contributed by atoms with Crippen molar-refractivity contribution >= 4 is 32.9 Å². The Morgan fingerprint density at radius 1 is 1.30 bits per heavy atom. The molecule has 2 aliphatic rings. The summed E-state index contributed by atoms with van der Waals surface area (Å²) >= 11 is 5.57. The molecule has 0 N–H and O–H groups in total. The quantitative estimate of drug-likeness (QED) is 0.598. The van der Waals surface area contributed by atoms with Crippen LogP contribution in [0.5, 0.6) is 5.75 Å². The molecule has 27 heavy (non-hydrogen) atoms. The summed E-state index contributed by atoms with van der Waals surface area (Å²) in [6, 6.07) is 13.2. The molecule has 3 heterocycles. The summed E-state index contributed by atoms with van der Waals surface area (Å²) in [4.78, 5) is 12.2. The van der Waals surface area contributed by atoms with Gasteiger partial charge in [0.1, 0.15) is 11.8 Å². The highest BCUT2D eigenvalue weighted by Crippen LogP contribution is 2.49. The van der Waals surface area contributed by atoms with Gasteiger partial charge in [0.15, 0.2) is 5.17 Å². The maximum Gasteiger partial charge on any atom is 0.160 e. The van der Waals surface area contributed by atoms with Crippen LogP contribution in [0.1, 0.15) is 50.5 Å². The Kier molecular flexibility index (Phi) is 5.46. The number of pyridine rings is 1. The van der Waals surface area contributed by atoms with E-state index in [4.69, 9.17) is 9.73 Å². The molecule has 0 amide bonds. The predicted octanol–water partition coefficient (Wildman–Crippen LogP) is 5.61. The Morgan fingerprint density at radius 3 is 2.81 bits per heavy atom. The fourth-order valence-electron chi connectivity index (χ4n) is 3.76. The molecular weight excluding hydrogens is 422 g/mol. The van der Waals surface area contributed by atoms with Crippen molar-refractivity contribution in [3.63, 3.8) is 0 Å². The van der Waals surface area contributed by atoms with E-state index >= 15 is 0 Å². The molecule has 4 nitrogen and oxygen atoms in total. The molecule has 0 spiro atoms. The summed E-state index contributed by atoms with van der Waals surface area (Å²) in [5.41, 5.74) is 2.27. The molecule has 0 aliphatic carbocycles. The Hall–Kier alpha value is -1.53. The first-order chi connectivity index (χ1) is 13.1. The van der Waals surface area contributed by atoms with Crippen molar-refractivity contribution in [3.05, 3.63) is 58.3 Å². The van der Waals surface area contributed by atoms with Crippen molar-refractivity contribution in [1.29, 1.82) is 0 Å². The molecule has 1 fully saturated rings. The SMILES string of the molecule is CC[C@@H]1CSC2=N[C@@H](c3ccccn3)[C@@H](c3ccc(OC(C)C)c(Br)c3)N21. The molecule has 1 aromatic heterocycles. The van der Waals surface area contributed by atoms with Gasteiger partial charge >= 0.3 is 0 Å². The summed E-state index contributed by atoms with van der Waals surface area (Å²) in [7, 11) is 0. The van der Waals surface area contributed by atoms with E-state index in [0.29, 0.717) is 6.04 Å². The molecular formula is C21H24BrN3OS. The fourth-order valence-corrected chi connectivity index (χ4v) is 5.59. The number of amidine groups is 1. The lowest BCUT2D eigenvalue weighted by atomic mass is 9.95. The highest BCUT2D eigenvalue weighted by molar-refractivity contribution is 9.10. The van der Waals surface area contributed by atoms with Gasteiger partial charge in [-0.15, -0.1) is 0 Å². The van der Waals surface area contributed by atoms with E-state index in [2.05, 4.69) is 57.0 Å². The van der Waals surface area contributed by atoms with Gasteiger partial charge in [0.2, 0.25) is 0 Å². The van der Waals surface area contributed by atoms with E-state index in [0.717, 1.165) is 33.3 Å². The highest BCUT2D eigenvalue weighted by Gasteiger charge is 2.45. The Labute approximate surface area is 173 Å². The van der Waals surface area contributed by atoms with E-state index in [9.17, 15) is 0 Å². The second kappa shape index (κ2) is 7.84. The molecule has 1 aromatic carbocycles. The van der Waals surface area contributed by atoms with Crippen LogP contribution in [-0.4, -0.2) is 33.0 Å². The third kappa shape index (κ3) is 3.61. The normalized spacial score (nSPS) is 24.3. The van der Waals surface area contributed by atoms with Gasteiger partial charge in [-0.25, -0.2) is 0 Å². The number of halogens is 1. The highest BCUT2D eigenvalue weighted by atomic mass is 79.9. The zero-order valence-electron chi connectivity index (χ0n) is 15.8. The van der Waals surface area contributed by atoms with Crippen molar-refractivity contribution < 1.29 is 4.74 Å². The van der Waals surface area contributed by atoms with Gasteiger partial charge in [-0.2, -0.15) is 0 Å². The predicted molar refractivity (Wildman–Crippen MR) is 115 cm³/mol. The Bertz CT molecular complexity index is 843. The minimum Gasteiger partial charge on any atom is -0.490 e. The van der Waals surface area contributed by atoms with Gasteiger partial charge in [0, 0.05) is 18.0 Å². The van der Waals surface area contributed by atoms with Gasteiger partial charge in [-0.3, -0.25) is 9.98 Å². The number of hydrogen-bond acceptors (Lipinski definition) is 5. The molecule has 4 rings (SSSR count). The Balaban J connectivity index is 1.74. The number of ether oxygens (including phenoxy) is 1. The molecule has 0 radical (unpaired) electrons. The van der Waals surface area contributed by atoms with Gasteiger partial charge < -0.3 is 9.64 Å². The maximum atomic E-state index is 5.90. The lowest BCUT2D eigenvalue weighted by molar-refractivity contribution is 0.239. The molecule has 0 unspecified atom stereocenters. The first-order valence-corrected chi connectivity index (χ1v) is 11.2. The van der Waals surface area contributed by atoms with Crippen LogP contribution >= 0.6 is 27.7 Å². The number of aromatic nitrogens is 1. The van der Waals surface area contributed by atoms with Gasteiger partial charge in [0.25, 0.3) is 0 Å². The van der Waals surface area contributed by atoms with Crippen molar-refractivity contribution in [2.75, 3.05) is 5.75 Å². The summed E-state index contributed by atoms with van der Waals surface area (Å²) in [5, 5.41) is 1.15. The van der Waals surface area contributed by atoms with Crippen LogP contribution < -0.4 is 4.74 Å². The molecule has 0 bridgehead atoms. The second-order valence-electron chi connectivity index (χ2n) is 7.19. The second-order valence-corrected chi connectivity index (χ2v) is 9.03. The molecule has 1 saturated heterocycles. The largest absolute Gasteiger partial charge is 0.490 e. The summed E-state index contributed by atoms with van der Waals surface area (Å²) in [6.07, 6.45) is 3.12. The van der Waals surface area contributed by atoms with Gasteiger partial charge in [0.05, 0.1) is 22.3 Å². The van der Waals surface area contributed by atoms with Gasteiger partial charge in [-0.1, -0.05) is 30.8 Å². The monoisotopic (exact) mass is 445 g/mol. The first-order valence-electron chi connectivity index (χ1n) is 9.44. The number of aliphatic imine (C=N–C) groups is 1. The third-order valence-corrected chi connectivity index (χ3v) is 6.74. The lowest BCUT2D eigenvalue weighted by Crippen LogP contribution is -2.35. The number of nitrogens with zero attached hydrogens (tertiary/aromatic N) is 3. The van der Waals surface area contributed by atoms with E-state index in [1.165, 1.54) is 5.56 Å².